The Hall–Kier alpha value is -3.67. The van der Waals surface area contributed by atoms with Gasteiger partial charge in [0.1, 0.15) is 5.76 Å². The summed E-state index contributed by atoms with van der Waals surface area (Å²) in [4.78, 5) is 26.1. The van der Waals surface area contributed by atoms with Gasteiger partial charge in [-0.1, -0.05) is 74.5 Å². The third-order valence-corrected chi connectivity index (χ3v) is 6.37. The monoisotopic (exact) mass is 471 g/mol. The maximum atomic E-state index is 13.4. The summed E-state index contributed by atoms with van der Waals surface area (Å²) in [6.07, 6.45) is 3.22. The van der Waals surface area contributed by atoms with Gasteiger partial charge in [0, 0.05) is 24.1 Å². The Morgan fingerprint density at radius 2 is 1.60 bits per heavy atom. The molecule has 2 N–H and O–H groups in total. The Labute approximate surface area is 206 Å². The van der Waals surface area contributed by atoms with Crippen molar-refractivity contribution < 1.29 is 14.0 Å². The second-order valence-corrected chi connectivity index (χ2v) is 9.44. The lowest BCUT2D eigenvalue weighted by molar-refractivity contribution is -0.121. The molecule has 0 fully saturated rings. The van der Waals surface area contributed by atoms with Crippen LogP contribution in [0.3, 0.4) is 0 Å². The van der Waals surface area contributed by atoms with E-state index in [2.05, 4.69) is 29.7 Å². The number of hydrogen-bond donors (Lipinski definition) is 2. The van der Waals surface area contributed by atoms with Crippen molar-refractivity contribution in [1.29, 1.82) is 0 Å². The summed E-state index contributed by atoms with van der Waals surface area (Å²) in [5, 5.41) is 7.49. The predicted molar refractivity (Wildman–Crippen MR) is 138 cm³/mol. The van der Waals surface area contributed by atoms with E-state index in [0.29, 0.717) is 24.6 Å². The highest BCUT2D eigenvalue weighted by Crippen LogP contribution is 2.30. The van der Waals surface area contributed by atoms with E-state index in [4.69, 9.17) is 4.42 Å². The minimum atomic E-state index is -0.474. The van der Waals surface area contributed by atoms with Crippen LogP contribution in [-0.2, 0) is 11.2 Å². The lowest BCUT2D eigenvalue weighted by atomic mass is 9.90. The van der Waals surface area contributed by atoms with Gasteiger partial charge in [0.15, 0.2) is 5.76 Å². The fourth-order valence-corrected chi connectivity index (χ4v) is 4.52. The van der Waals surface area contributed by atoms with Crippen LogP contribution >= 0.6 is 0 Å². The number of fused-ring (bicyclic) bond motifs is 1. The summed E-state index contributed by atoms with van der Waals surface area (Å²) < 4.78 is 5.97. The first-order chi connectivity index (χ1) is 17.0. The van der Waals surface area contributed by atoms with Crippen LogP contribution in [0.5, 0.6) is 0 Å². The molecule has 0 saturated heterocycles. The quantitative estimate of drug-likeness (QED) is 0.434. The number of benzene rings is 2. The number of nitrogens with one attached hydrogen (secondary N) is 2. The molecule has 0 atom stereocenters. The van der Waals surface area contributed by atoms with Crippen LogP contribution < -0.4 is 10.7 Å². The fraction of sp³-hybridized carbons (Fsp3) is 0.345. The summed E-state index contributed by atoms with van der Waals surface area (Å²) >= 11 is 0. The zero-order chi connectivity index (χ0) is 24.8. The van der Waals surface area contributed by atoms with Crippen molar-refractivity contribution in [2.24, 2.45) is 11.0 Å². The molecule has 0 spiro atoms. The van der Waals surface area contributed by atoms with Crippen LogP contribution in [0.25, 0.3) is 0 Å². The van der Waals surface area contributed by atoms with Gasteiger partial charge in [0.2, 0.25) is 0 Å². The smallest absolute Gasteiger partial charge is 0.287 e. The molecule has 1 aliphatic carbocycles. The van der Waals surface area contributed by atoms with E-state index in [9.17, 15) is 9.59 Å². The van der Waals surface area contributed by atoms with Gasteiger partial charge in [0.05, 0.1) is 11.6 Å². The number of hydrazone groups is 1. The minimum absolute atomic E-state index is 0.199. The zero-order valence-electron chi connectivity index (χ0n) is 20.6. The Bertz CT molecular complexity index is 1160. The van der Waals surface area contributed by atoms with E-state index in [1.54, 1.807) is 0 Å². The molecule has 0 saturated carbocycles. The van der Waals surface area contributed by atoms with E-state index in [1.807, 2.05) is 67.6 Å². The summed E-state index contributed by atoms with van der Waals surface area (Å²) in [5.74, 6) is 0.741. The highest BCUT2D eigenvalue weighted by atomic mass is 16.4. The highest BCUT2D eigenvalue weighted by Gasteiger charge is 2.29. The summed E-state index contributed by atoms with van der Waals surface area (Å²) in [5.41, 5.74) is 6.99. The number of carbonyl (C=O) groups excluding carboxylic acids is 2. The third kappa shape index (κ3) is 5.70. The summed E-state index contributed by atoms with van der Waals surface area (Å²) in [6, 6.07) is 19.4. The molecule has 35 heavy (non-hydrogen) atoms. The highest BCUT2D eigenvalue weighted by molar-refractivity contribution is 6.06. The Morgan fingerprint density at radius 1 is 0.971 bits per heavy atom. The number of nitrogens with zero attached hydrogens (tertiary/aromatic N) is 1. The van der Waals surface area contributed by atoms with Crippen LogP contribution in [0.2, 0.25) is 0 Å². The number of rotatable bonds is 8. The van der Waals surface area contributed by atoms with Crippen molar-refractivity contribution in [2.45, 2.75) is 52.4 Å². The second-order valence-electron chi connectivity index (χ2n) is 9.44. The maximum Gasteiger partial charge on any atom is 0.287 e. The molecule has 1 aromatic heterocycles. The van der Waals surface area contributed by atoms with E-state index in [1.165, 1.54) is 0 Å². The van der Waals surface area contributed by atoms with Crippen LogP contribution in [0.1, 0.15) is 77.6 Å². The lowest BCUT2D eigenvalue weighted by Gasteiger charge is -2.18. The van der Waals surface area contributed by atoms with E-state index >= 15 is 0 Å². The number of furan rings is 1. The molecule has 2 aromatic carbocycles. The minimum Gasteiger partial charge on any atom is -0.455 e. The topological polar surface area (TPSA) is 83.7 Å². The maximum absolute atomic E-state index is 13.4. The molecule has 0 bridgehead atoms. The normalized spacial score (nSPS) is 14.3. The second kappa shape index (κ2) is 11.2. The standard InChI is InChI=1S/C29H33N3O3/c1-19(2)17-18-30-29(34)27-20(3)25-23(15-10-16-24(25)35-27)31-32-28(33)26(21-11-6-4-7-12-21)22-13-8-5-9-14-22/h4-9,11-14,19,26H,10,15-18H2,1-3H3,(H,30,34)(H,32,33)/b31-23+. The third-order valence-electron chi connectivity index (χ3n) is 6.37. The van der Waals surface area contributed by atoms with Crippen molar-refractivity contribution in [3.63, 3.8) is 0 Å². The molecule has 1 heterocycles. The van der Waals surface area contributed by atoms with Crippen LogP contribution in [-0.4, -0.2) is 24.1 Å². The molecule has 0 aliphatic heterocycles. The van der Waals surface area contributed by atoms with Crippen LogP contribution in [0.4, 0.5) is 0 Å². The number of aryl methyl sites for hydroxylation is 1. The van der Waals surface area contributed by atoms with Gasteiger partial charge in [-0.2, -0.15) is 5.10 Å². The molecule has 0 radical (unpaired) electrons. The molecule has 0 unspecified atom stereocenters. The summed E-state index contributed by atoms with van der Waals surface area (Å²) in [6.45, 7) is 6.75. The molecule has 3 aromatic rings. The van der Waals surface area contributed by atoms with E-state index in [-0.39, 0.29) is 11.8 Å². The van der Waals surface area contributed by atoms with E-state index in [0.717, 1.165) is 53.0 Å². The molecule has 6 heteroatoms. The molecule has 182 valence electrons. The number of hydrogen-bond acceptors (Lipinski definition) is 4. The van der Waals surface area contributed by atoms with Crippen molar-refractivity contribution >= 4 is 17.5 Å². The molecular formula is C29H33N3O3. The van der Waals surface area contributed by atoms with Crippen molar-refractivity contribution in [3.8, 4) is 0 Å². The van der Waals surface area contributed by atoms with Crippen molar-refractivity contribution in [1.82, 2.24) is 10.7 Å². The van der Waals surface area contributed by atoms with Gasteiger partial charge in [-0.15, -0.1) is 0 Å². The fourth-order valence-electron chi connectivity index (χ4n) is 4.52. The van der Waals surface area contributed by atoms with Crippen molar-refractivity contribution in [2.75, 3.05) is 6.54 Å². The number of amides is 2. The van der Waals surface area contributed by atoms with Crippen LogP contribution in [0, 0.1) is 12.8 Å². The lowest BCUT2D eigenvalue weighted by Crippen LogP contribution is -2.28. The molecule has 4 rings (SSSR count). The Balaban J connectivity index is 1.56. The van der Waals surface area contributed by atoms with Gasteiger partial charge in [-0.3, -0.25) is 9.59 Å². The Kier molecular flexibility index (Phi) is 7.80. The van der Waals surface area contributed by atoms with Gasteiger partial charge in [0.25, 0.3) is 11.8 Å². The van der Waals surface area contributed by atoms with E-state index < -0.39 is 5.92 Å². The SMILES string of the molecule is Cc1c(C(=O)NCCC(C)C)oc2c1/C(=N/NC(=O)C(c1ccccc1)c1ccccc1)CCC2. The first kappa shape index (κ1) is 24.5. The van der Waals surface area contributed by atoms with Gasteiger partial charge < -0.3 is 9.73 Å². The largest absolute Gasteiger partial charge is 0.455 e. The zero-order valence-corrected chi connectivity index (χ0v) is 20.6. The average Bonchev–Trinajstić information content (AvgIpc) is 3.21. The predicted octanol–water partition coefficient (Wildman–Crippen LogP) is 5.35. The Morgan fingerprint density at radius 3 is 2.20 bits per heavy atom. The first-order valence-electron chi connectivity index (χ1n) is 12.3. The van der Waals surface area contributed by atoms with Gasteiger partial charge >= 0.3 is 0 Å². The number of carbonyl (C=O) groups is 2. The summed E-state index contributed by atoms with van der Waals surface area (Å²) in [7, 11) is 0. The molecular weight excluding hydrogens is 438 g/mol. The average molecular weight is 472 g/mol. The molecule has 2 amide bonds. The van der Waals surface area contributed by atoms with Crippen molar-refractivity contribution in [3.05, 3.63) is 94.4 Å². The van der Waals surface area contributed by atoms with Gasteiger partial charge in [-0.25, -0.2) is 5.43 Å². The molecule has 1 aliphatic rings. The van der Waals surface area contributed by atoms with Crippen LogP contribution in [0.15, 0.2) is 70.2 Å². The first-order valence-corrected chi connectivity index (χ1v) is 12.3. The van der Waals surface area contributed by atoms with Gasteiger partial charge in [-0.05, 0) is 43.2 Å². The molecule has 6 nitrogen and oxygen atoms in total.